The molecule has 1 aliphatic carbocycles. The van der Waals surface area contributed by atoms with Gasteiger partial charge in [-0.3, -0.25) is 4.79 Å². The van der Waals surface area contributed by atoms with E-state index >= 15 is 0 Å². The fraction of sp³-hybridized carbons (Fsp3) is 0.400. The van der Waals surface area contributed by atoms with Gasteiger partial charge in [-0.15, -0.1) is 0 Å². The van der Waals surface area contributed by atoms with Crippen LogP contribution in [-0.4, -0.2) is 36.0 Å². The molecule has 0 radical (unpaired) electrons. The number of carbonyl (C=O) groups is 1. The summed E-state index contributed by atoms with van der Waals surface area (Å²) in [7, 11) is 0. The average Bonchev–Trinajstić information content (AvgIpc) is 3.59. The van der Waals surface area contributed by atoms with Crippen molar-refractivity contribution < 1.29 is 13.9 Å². The van der Waals surface area contributed by atoms with Crippen LogP contribution >= 0.6 is 0 Å². The van der Waals surface area contributed by atoms with Gasteiger partial charge >= 0.3 is 0 Å². The molecule has 3 heterocycles. The van der Waals surface area contributed by atoms with Gasteiger partial charge in [0.1, 0.15) is 6.07 Å². The predicted molar refractivity (Wildman–Crippen MR) is 137 cm³/mol. The van der Waals surface area contributed by atoms with Gasteiger partial charge < -0.3 is 19.0 Å². The maximum absolute atomic E-state index is 13.4. The van der Waals surface area contributed by atoms with Crippen molar-refractivity contribution in [2.75, 3.05) is 24.5 Å². The molecule has 6 nitrogen and oxygen atoms in total. The lowest BCUT2D eigenvalue weighted by atomic mass is 9.84. The molecule has 3 aliphatic rings. The van der Waals surface area contributed by atoms with Crippen LogP contribution in [0.25, 0.3) is 0 Å². The molecule has 3 aromatic rings. The molecule has 2 fully saturated rings. The molecule has 1 saturated heterocycles. The molecule has 0 spiro atoms. The molecule has 6 rings (SSSR count). The number of carbonyl (C=O) groups excluding carboxylic acids is 1. The van der Waals surface area contributed by atoms with E-state index in [4.69, 9.17) is 9.15 Å². The third kappa shape index (κ3) is 4.08. The first-order valence-electron chi connectivity index (χ1n) is 12.8. The smallest absolute Gasteiger partial charge is 0.290 e. The largest absolute Gasteiger partial charge is 0.459 e. The van der Waals surface area contributed by atoms with E-state index in [1.54, 1.807) is 12.1 Å². The van der Waals surface area contributed by atoms with Crippen molar-refractivity contribution in [3.63, 3.8) is 0 Å². The minimum atomic E-state index is -0.293. The molecule has 184 valence electrons. The number of rotatable bonds is 4. The SMILES string of the molecule is CC1(C)Cc2c(C#N)c(N3CCN(C(=O)c4ccco4)[C@@H](c4ccccc4)C3)cc(C3CC3)c2CO1. The first kappa shape index (κ1) is 22.9. The van der Waals surface area contributed by atoms with Gasteiger partial charge in [0.2, 0.25) is 0 Å². The number of ether oxygens (including phenoxy) is 1. The molecule has 0 N–H and O–H groups in total. The fourth-order valence-electron chi connectivity index (χ4n) is 5.78. The highest BCUT2D eigenvalue weighted by Gasteiger charge is 2.38. The average molecular weight is 482 g/mol. The third-order valence-corrected chi connectivity index (χ3v) is 7.80. The van der Waals surface area contributed by atoms with Crippen molar-refractivity contribution in [3.05, 3.63) is 88.4 Å². The Balaban J connectivity index is 1.41. The Bertz CT molecular complexity index is 1320. The molecule has 0 unspecified atom stereocenters. The van der Waals surface area contributed by atoms with Gasteiger partial charge in [-0.25, -0.2) is 0 Å². The van der Waals surface area contributed by atoms with Crippen LogP contribution < -0.4 is 4.90 Å². The number of nitriles is 1. The Labute approximate surface area is 212 Å². The summed E-state index contributed by atoms with van der Waals surface area (Å²) in [5.74, 6) is 0.813. The lowest BCUT2D eigenvalue weighted by Crippen LogP contribution is -2.51. The number of fused-ring (bicyclic) bond motifs is 1. The van der Waals surface area contributed by atoms with Gasteiger partial charge in [0.25, 0.3) is 5.91 Å². The highest BCUT2D eigenvalue weighted by Crippen LogP contribution is 2.48. The number of anilines is 1. The predicted octanol–water partition coefficient (Wildman–Crippen LogP) is 5.58. The molecule has 6 heteroatoms. The zero-order valence-electron chi connectivity index (χ0n) is 20.9. The first-order valence-corrected chi connectivity index (χ1v) is 12.8. The van der Waals surface area contributed by atoms with Gasteiger partial charge in [-0.1, -0.05) is 30.3 Å². The van der Waals surface area contributed by atoms with E-state index in [-0.39, 0.29) is 17.6 Å². The van der Waals surface area contributed by atoms with Gasteiger partial charge in [0, 0.05) is 26.1 Å². The normalized spacial score (nSPS) is 21.1. The molecule has 1 atom stereocenters. The van der Waals surface area contributed by atoms with Crippen LogP contribution in [0.5, 0.6) is 0 Å². The molecule has 36 heavy (non-hydrogen) atoms. The van der Waals surface area contributed by atoms with E-state index in [2.05, 4.69) is 43.0 Å². The highest BCUT2D eigenvalue weighted by atomic mass is 16.5. The number of nitrogens with zero attached hydrogens (tertiary/aromatic N) is 3. The van der Waals surface area contributed by atoms with Crippen LogP contribution in [0.2, 0.25) is 0 Å². The van der Waals surface area contributed by atoms with E-state index in [0.717, 1.165) is 28.8 Å². The number of furan rings is 1. The molecule has 1 aromatic heterocycles. The second-order valence-corrected chi connectivity index (χ2v) is 10.8. The number of hydrogen-bond acceptors (Lipinski definition) is 5. The summed E-state index contributed by atoms with van der Waals surface area (Å²) in [6, 6.07) is 18.3. The van der Waals surface area contributed by atoms with Crippen LogP contribution in [0, 0.1) is 11.3 Å². The Hall–Kier alpha value is -3.56. The van der Waals surface area contributed by atoms with Crippen molar-refractivity contribution >= 4 is 11.6 Å². The third-order valence-electron chi connectivity index (χ3n) is 7.80. The minimum Gasteiger partial charge on any atom is -0.459 e. The van der Waals surface area contributed by atoms with Crippen LogP contribution in [-0.2, 0) is 17.8 Å². The van der Waals surface area contributed by atoms with Crippen molar-refractivity contribution in [2.45, 2.75) is 57.3 Å². The standard InChI is InChI=1S/C30H31N3O3/c1-30(2)16-23-24(17-31)26(15-22(20-10-11-20)25(23)19-36-30)32-12-13-33(29(34)28-9-6-14-35-28)27(18-32)21-7-4-3-5-8-21/h3-9,14-15,20,27H,10-13,16,18-19H2,1-2H3/t27-/m1/s1. The van der Waals surface area contributed by atoms with E-state index in [1.165, 1.54) is 30.2 Å². The molecule has 1 saturated carbocycles. The Morgan fingerprint density at radius 2 is 1.89 bits per heavy atom. The van der Waals surface area contributed by atoms with E-state index in [9.17, 15) is 10.1 Å². The number of hydrogen-bond donors (Lipinski definition) is 0. The highest BCUT2D eigenvalue weighted by molar-refractivity contribution is 5.92. The molecular weight excluding hydrogens is 450 g/mol. The quantitative estimate of drug-likeness (QED) is 0.486. The van der Waals surface area contributed by atoms with Gasteiger partial charge in [0.15, 0.2) is 5.76 Å². The lowest BCUT2D eigenvalue weighted by Gasteiger charge is -2.43. The number of benzene rings is 2. The molecule has 2 aromatic carbocycles. The minimum absolute atomic E-state index is 0.1000. The van der Waals surface area contributed by atoms with Crippen LogP contribution in [0.3, 0.4) is 0 Å². The Kier molecular flexibility index (Phi) is 5.61. The maximum atomic E-state index is 13.4. The topological polar surface area (TPSA) is 69.7 Å². The van der Waals surface area contributed by atoms with Gasteiger partial charge in [0.05, 0.1) is 35.8 Å². The molecular formula is C30H31N3O3. The van der Waals surface area contributed by atoms with Crippen LogP contribution in [0.4, 0.5) is 5.69 Å². The van der Waals surface area contributed by atoms with E-state index < -0.39 is 0 Å². The van der Waals surface area contributed by atoms with Crippen molar-refractivity contribution in [1.29, 1.82) is 5.26 Å². The first-order chi connectivity index (χ1) is 17.4. The van der Waals surface area contributed by atoms with E-state index in [0.29, 0.717) is 37.9 Å². The lowest BCUT2D eigenvalue weighted by molar-refractivity contribution is -0.0405. The summed E-state index contributed by atoms with van der Waals surface area (Å²) >= 11 is 0. The summed E-state index contributed by atoms with van der Waals surface area (Å²) in [6.07, 6.45) is 4.66. The van der Waals surface area contributed by atoms with Crippen molar-refractivity contribution in [2.24, 2.45) is 0 Å². The van der Waals surface area contributed by atoms with Crippen LogP contribution in [0.1, 0.15) is 77.0 Å². The summed E-state index contributed by atoms with van der Waals surface area (Å²) in [5.41, 5.74) is 6.28. The molecule has 1 amide bonds. The summed E-state index contributed by atoms with van der Waals surface area (Å²) in [5, 5.41) is 10.4. The maximum Gasteiger partial charge on any atom is 0.290 e. The second kappa shape index (κ2) is 8.83. The zero-order valence-corrected chi connectivity index (χ0v) is 20.9. The molecule has 0 bridgehead atoms. The van der Waals surface area contributed by atoms with Gasteiger partial charge in [-0.05, 0) is 73.1 Å². The van der Waals surface area contributed by atoms with Crippen molar-refractivity contribution in [3.8, 4) is 6.07 Å². The number of amides is 1. The zero-order chi connectivity index (χ0) is 24.9. The molecule has 2 aliphatic heterocycles. The van der Waals surface area contributed by atoms with Gasteiger partial charge in [-0.2, -0.15) is 5.26 Å². The fourth-order valence-corrected chi connectivity index (χ4v) is 5.78. The summed E-state index contributed by atoms with van der Waals surface area (Å²) in [6.45, 7) is 6.60. The monoisotopic (exact) mass is 481 g/mol. The van der Waals surface area contributed by atoms with Crippen LogP contribution in [0.15, 0.2) is 59.2 Å². The summed E-state index contributed by atoms with van der Waals surface area (Å²) < 4.78 is 11.6. The second-order valence-electron chi connectivity index (χ2n) is 10.8. The van der Waals surface area contributed by atoms with Crippen molar-refractivity contribution in [1.82, 2.24) is 4.90 Å². The Morgan fingerprint density at radius 1 is 1.08 bits per heavy atom. The van der Waals surface area contributed by atoms with E-state index in [1.807, 2.05) is 23.1 Å². The Morgan fingerprint density at radius 3 is 2.58 bits per heavy atom. The summed E-state index contributed by atoms with van der Waals surface area (Å²) in [4.78, 5) is 17.6. The number of piperazine rings is 1.